The van der Waals surface area contributed by atoms with Crippen LogP contribution in [0.1, 0.15) is 57.2 Å². The second-order valence-corrected chi connectivity index (χ2v) is 6.68. The van der Waals surface area contributed by atoms with Gasteiger partial charge in [0.1, 0.15) is 5.75 Å². The summed E-state index contributed by atoms with van der Waals surface area (Å²) in [6.07, 6.45) is 3.51. The molecule has 0 radical (unpaired) electrons. The van der Waals surface area contributed by atoms with E-state index in [1.165, 1.54) is 17.5 Å². The zero-order chi connectivity index (χ0) is 15.1. The molecule has 0 fully saturated rings. The maximum absolute atomic E-state index is 5.59. The van der Waals surface area contributed by atoms with E-state index >= 15 is 0 Å². The van der Waals surface area contributed by atoms with Gasteiger partial charge in [0.25, 0.3) is 0 Å². The quantitative estimate of drug-likeness (QED) is 0.697. The van der Waals surface area contributed by atoms with Crippen LogP contribution in [-0.2, 0) is 0 Å². The summed E-state index contributed by atoms with van der Waals surface area (Å²) in [5.74, 6) is 1.71. The number of hydrogen-bond acceptors (Lipinski definition) is 2. The van der Waals surface area contributed by atoms with Gasteiger partial charge in [0.2, 0.25) is 0 Å². The third-order valence-electron chi connectivity index (χ3n) is 3.56. The molecule has 0 aliphatic carbocycles. The smallest absolute Gasteiger partial charge is 0.123 e. The molecule has 0 aliphatic heterocycles. The number of ether oxygens (including phenoxy) is 1. The van der Waals surface area contributed by atoms with E-state index < -0.39 is 0 Å². The summed E-state index contributed by atoms with van der Waals surface area (Å²) in [6, 6.07) is 4.70. The molecule has 0 saturated heterocycles. The van der Waals surface area contributed by atoms with E-state index in [9.17, 15) is 0 Å². The van der Waals surface area contributed by atoms with Crippen molar-refractivity contribution in [1.29, 1.82) is 0 Å². The fourth-order valence-corrected chi connectivity index (χ4v) is 2.67. The van der Waals surface area contributed by atoms with Crippen LogP contribution in [-0.4, -0.2) is 13.7 Å². The Balaban J connectivity index is 3.01. The van der Waals surface area contributed by atoms with Gasteiger partial charge in [-0.2, -0.15) is 0 Å². The minimum absolute atomic E-state index is 0.365. The minimum Gasteiger partial charge on any atom is -0.496 e. The lowest BCUT2D eigenvalue weighted by Crippen LogP contribution is -2.23. The number of aryl methyl sites for hydroxylation is 1. The molecule has 114 valence electrons. The number of rotatable bonds is 8. The lowest BCUT2D eigenvalue weighted by molar-refractivity contribution is 0.385. The van der Waals surface area contributed by atoms with E-state index in [0.717, 1.165) is 35.5 Å². The van der Waals surface area contributed by atoms with Crippen molar-refractivity contribution >= 4 is 15.9 Å². The second kappa shape index (κ2) is 8.68. The predicted molar refractivity (Wildman–Crippen MR) is 90.5 cm³/mol. The Morgan fingerprint density at radius 3 is 2.50 bits per heavy atom. The Morgan fingerprint density at radius 1 is 1.25 bits per heavy atom. The highest BCUT2D eigenvalue weighted by molar-refractivity contribution is 9.10. The van der Waals surface area contributed by atoms with Crippen molar-refractivity contribution in [3.05, 3.63) is 27.7 Å². The van der Waals surface area contributed by atoms with Crippen molar-refractivity contribution in [3.63, 3.8) is 0 Å². The molecule has 1 rings (SSSR count). The largest absolute Gasteiger partial charge is 0.496 e. The van der Waals surface area contributed by atoms with Crippen molar-refractivity contribution in [2.24, 2.45) is 5.92 Å². The molecule has 0 spiro atoms. The Bertz CT molecular complexity index is 418. The number of nitrogens with one attached hydrogen (secondary N) is 1. The van der Waals surface area contributed by atoms with Crippen LogP contribution in [0.3, 0.4) is 0 Å². The van der Waals surface area contributed by atoms with E-state index in [-0.39, 0.29) is 0 Å². The number of halogens is 1. The molecule has 1 atom stereocenters. The summed E-state index contributed by atoms with van der Waals surface area (Å²) in [4.78, 5) is 0. The summed E-state index contributed by atoms with van der Waals surface area (Å²) in [6.45, 7) is 9.89. The van der Waals surface area contributed by atoms with Gasteiger partial charge in [-0.05, 0) is 56.3 Å². The van der Waals surface area contributed by atoms with Gasteiger partial charge < -0.3 is 10.1 Å². The van der Waals surface area contributed by atoms with Crippen LogP contribution in [0.25, 0.3) is 0 Å². The molecule has 0 saturated carbocycles. The molecule has 0 aromatic heterocycles. The normalized spacial score (nSPS) is 12.8. The Labute approximate surface area is 132 Å². The van der Waals surface area contributed by atoms with E-state index in [1.54, 1.807) is 7.11 Å². The number of hydrogen-bond donors (Lipinski definition) is 1. The molecular formula is C17H28BrNO. The lowest BCUT2D eigenvalue weighted by atomic mass is 9.96. The van der Waals surface area contributed by atoms with E-state index in [1.807, 2.05) is 0 Å². The highest BCUT2D eigenvalue weighted by Gasteiger charge is 2.17. The zero-order valence-electron chi connectivity index (χ0n) is 13.4. The van der Waals surface area contributed by atoms with Gasteiger partial charge in [-0.1, -0.05) is 36.7 Å². The molecule has 2 nitrogen and oxygen atoms in total. The van der Waals surface area contributed by atoms with Crippen LogP contribution in [0, 0.1) is 12.8 Å². The van der Waals surface area contributed by atoms with Crippen molar-refractivity contribution < 1.29 is 4.74 Å². The third-order valence-corrected chi connectivity index (χ3v) is 4.41. The Kier molecular flexibility index (Phi) is 7.60. The average Bonchev–Trinajstić information content (AvgIpc) is 2.41. The standard InChI is InChI=1S/C17H28BrNO/c1-6-9-19-16(8-7-12(2)3)14-11-15(18)13(4)10-17(14)20-5/h10-12,16,19H,6-9H2,1-5H3. The van der Waals surface area contributed by atoms with Crippen LogP contribution in [0.4, 0.5) is 0 Å². The molecule has 3 heteroatoms. The SMILES string of the molecule is CCCNC(CCC(C)C)c1cc(Br)c(C)cc1OC. The molecule has 1 unspecified atom stereocenters. The first-order valence-electron chi connectivity index (χ1n) is 7.57. The van der Waals surface area contributed by atoms with Gasteiger partial charge in [0.05, 0.1) is 7.11 Å². The fourth-order valence-electron chi connectivity index (χ4n) is 2.31. The van der Waals surface area contributed by atoms with E-state index in [0.29, 0.717) is 6.04 Å². The maximum Gasteiger partial charge on any atom is 0.123 e. The van der Waals surface area contributed by atoms with Crippen LogP contribution in [0.5, 0.6) is 5.75 Å². The van der Waals surface area contributed by atoms with Gasteiger partial charge in [0.15, 0.2) is 0 Å². The molecule has 0 aliphatic rings. The molecule has 0 amide bonds. The van der Waals surface area contributed by atoms with Gasteiger partial charge in [-0.25, -0.2) is 0 Å². The molecular weight excluding hydrogens is 314 g/mol. The third kappa shape index (κ3) is 5.10. The van der Waals surface area contributed by atoms with Crippen LogP contribution in [0.15, 0.2) is 16.6 Å². The topological polar surface area (TPSA) is 21.3 Å². The van der Waals surface area contributed by atoms with E-state index in [4.69, 9.17) is 4.74 Å². The maximum atomic E-state index is 5.59. The number of benzene rings is 1. The first-order valence-corrected chi connectivity index (χ1v) is 8.36. The average molecular weight is 342 g/mol. The van der Waals surface area contributed by atoms with Crippen LogP contribution in [0.2, 0.25) is 0 Å². The first kappa shape index (κ1) is 17.5. The molecule has 1 aromatic carbocycles. The summed E-state index contributed by atoms with van der Waals surface area (Å²) in [5.41, 5.74) is 2.47. The highest BCUT2D eigenvalue weighted by Crippen LogP contribution is 2.33. The highest BCUT2D eigenvalue weighted by atomic mass is 79.9. The summed E-state index contributed by atoms with van der Waals surface area (Å²) in [7, 11) is 1.76. The van der Waals surface area contributed by atoms with Gasteiger partial charge in [0, 0.05) is 16.1 Å². The number of methoxy groups -OCH3 is 1. The van der Waals surface area contributed by atoms with Crippen molar-refractivity contribution in [2.75, 3.05) is 13.7 Å². The fraction of sp³-hybridized carbons (Fsp3) is 0.647. The van der Waals surface area contributed by atoms with Crippen molar-refractivity contribution in [1.82, 2.24) is 5.32 Å². The summed E-state index contributed by atoms with van der Waals surface area (Å²) < 4.78 is 6.74. The van der Waals surface area contributed by atoms with Gasteiger partial charge in [-0.3, -0.25) is 0 Å². The predicted octanol–water partition coefficient (Wildman–Crippen LogP) is 5.24. The van der Waals surface area contributed by atoms with Crippen molar-refractivity contribution in [3.8, 4) is 5.75 Å². The molecule has 0 heterocycles. The van der Waals surface area contributed by atoms with Gasteiger partial charge in [-0.15, -0.1) is 0 Å². The molecule has 1 aromatic rings. The minimum atomic E-state index is 0.365. The molecule has 0 bridgehead atoms. The van der Waals surface area contributed by atoms with Crippen LogP contribution < -0.4 is 10.1 Å². The second-order valence-electron chi connectivity index (χ2n) is 5.82. The van der Waals surface area contributed by atoms with Crippen LogP contribution >= 0.6 is 15.9 Å². The molecule has 20 heavy (non-hydrogen) atoms. The zero-order valence-corrected chi connectivity index (χ0v) is 15.0. The first-order chi connectivity index (χ1) is 9.49. The van der Waals surface area contributed by atoms with Crippen molar-refractivity contribution in [2.45, 2.75) is 53.0 Å². The monoisotopic (exact) mass is 341 g/mol. The van der Waals surface area contributed by atoms with E-state index in [2.05, 4.69) is 61.1 Å². The van der Waals surface area contributed by atoms with Gasteiger partial charge >= 0.3 is 0 Å². The molecule has 1 N–H and O–H groups in total. The Hall–Kier alpha value is -0.540. The Morgan fingerprint density at radius 2 is 1.95 bits per heavy atom. The summed E-state index contributed by atoms with van der Waals surface area (Å²) in [5, 5.41) is 3.66. The lowest BCUT2D eigenvalue weighted by Gasteiger charge is -2.23. The summed E-state index contributed by atoms with van der Waals surface area (Å²) >= 11 is 3.64.